The second-order valence-corrected chi connectivity index (χ2v) is 7.25. The zero-order chi connectivity index (χ0) is 23.4. The largest absolute Gasteiger partial charge is 0.470 e. The van der Waals surface area contributed by atoms with Crippen molar-refractivity contribution in [2.24, 2.45) is 4.99 Å². The smallest absolute Gasteiger partial charge is 0.246 e. The molecule has 0 aliphatic heterocycles. The summed E-state index contributed by atoms with van der Waals surface area (Å²) < 4.78 is 12.8. The van der Waals surface area contributed by atoms with Gasteiger partial charge >= 0.3 is 0 Å². The SMILES string of the molecule is C=N/C(=C\C=C(/C)C(=O)NCC)COc1nn2c(-c3cc(C)on3)nnc2c2ccccc12. The third-order valence-corrected chi connectivity index (χ3v) is 4.87. The van der Waals surface area contributed by atoms with Crippen molar-refractivity contribution < 1.29 is 14.1 Å². The number of aliphatic imine (C=N–C) groups is 1. The van der Waals surface area contributed by atoms with E-state index in [1.807, 2.05) is 31.2 Å². The molecule has 0 saturated heterocycles. The summed E-state index contributed by atoms with van der Waals surface area (Å²) in [6.07, 6.45) is 3.37. The predicted octanol–water partition coefficient (Wildman–Crippen LogP) is 3.29. The molecule has 4 aromatic rings. The molecule has 0 bridgehead atoms. The van der Waals surface area contributed by atoms with Gasteiger partial charge in [-0.15, -0.1) is 15.3 Å². The number of likely N-dealkylation sites (N-methyl/N-ethyl adjacent to an activating group) is 1. The lowest BCUT2D eigenvalue weighted by Gasteiger charge is -2.10. The fraction of sp³-hybridized carbons (Fsp3) is 0.217. The third-order valence-electron chi connectivity index (χ3n) is 4.87. The first kappa shape index (κ1) is 21.9. The maximum atomic E-state index is 11.9. The number of amides is 1. The predicted molar refractivity (Wildman–Crippen MR) is 124 cm³/mol. The minimum atomic E-state index is -0.139. The molecule has 3 aromatic heterocycles. The summed E-state index contributed by atoms with van der Waals surface area (Å²) in [4.78, 5) is 15.9. The van der Waals surface area contributed by atoms with Crippen LogP contribution in [0.5, 0.6) is 5.88 Å². The van der Waals surface area contributed by atoms with Gasteiger partial charge in [0.2, 0.25) is 17.6 Å². The second kappa shape index (κ2) is 9.43. The number of aromatic nitrogens is 5. The van der Waals surface area contributed by atoms with Crippen LogP contribution in [0.3, 0.4) is 0 Å². The van der Waals surface area contributed by atoms with E-state index in [0.717, 1.165) is 10.8 Å². The Balaban J connectivity index is 1.69. The Kier molecular flexibility index (Phi) is 6.25. The number of nitrogens with one attached hydrogen (secondary N) is 1. The number of hydrogen-bond acceptors (Lipinski definition) is 8. The van der Waals surface area contributed by atoms with E-state index >= 15 is 0 Å². The summed E-state index contributed by atoms with van der Waals surface area (Å²) in [5.74, 6) is 1.33. The quantitative estimate of drug-likeness (QED) is 0.251. The van der Waals surface area contributed by atoms with Crippen molar-refractivity contribution in [1.82, 2.24) is 30.3 Å². The van der Waals surface area contributed by atoms with Crippen molar-refractivity contribution in [3.63, 3.8) is 0 Å². The number of carbonyl (C=O) groups excluding carboxylic acids is 1. The number of benzene rings is 1. The lowest BCUT2D eigenvalue weighted by molar-refractivity contribution is -0.117. The molecule has 0 unspecified atom stereocenters. The van der Waals surface area contributed by atoms with E-state index in [9.17, 15) is 4.79 Å². The molecule has 10 heteroatoms. The van der Waals surface area contributed by atoms with E-state index in [-0.39, 0.29) is 12.5 Å². The van der Waals surface area contributed by atoms with Crippen molar-refractivity contribution in [1.29, 1.82) is 0 Å². The molecule has 0 fully saturated rings. The van der Waals surface area contributed by atoms with Gasteiger partial charge in [-0.05, 0) is 39.6 Å². The molecule has 0 aliphatic rings. The van der Waals surface area contributed by atoms with Crippen molar-refractivity contribution in [2.75, 3.05) is 13.2 Å². The molecule has 10 nitrogen and oxygen atoms in total. The van der Waals surface area contributed by atoms with Crippen LogP contribution in [0.1, 0.15) is 19.6 Å². The molecule has 1 amide bonds. The summed E-state index contributed by atoms with van der Waals surface area (Å²) in [5, 5.41) is 21.5. The average molecular weight is 445 g/mol. The molecule has 0 saturated carbocycles. The summed E-state index contributed by atoms with van der Waals surface area (Å²) in [6.45, 7) is 9.66. The highest BCUT2D eigenvalue weighted by atomic mass is 16.5. The number of ether oxygens (including phenoxy) is 1. The Morgan fingerprint density at radius 1 is 1.27 bits per heavy atom. The highest BCUT2D eigenvalue weighted by Gasteiger charge is 2.18. The fourth-order valence-electron chi connectivity index (χ4n) is 3.18. The lowest BCUT2D eigenvalue weighted by Crippen LogP contribution is -2.23. The van der Waals surface area contributed by atoms with Gasteiger partial charge < -0.3 is 14.6 Å². The van der Waals surface area contributed by atoms with Gasteiger partial charge in [0, 0.05) is 29.0 Å². The first-order valence-corrected chi connectivity index (χ1v) is 10.3. The molecular weight excluding hydrogens is 422 g/mol. The van der Waals surface area contributed by atoms with E-state index in [0.29, 0.717) is 46.6 Å². The van der Waals surface area contributed by atoms with Gasteiger partial charge in [-0.2, -0.15) is 4.52 Å². The highest BCUT2D eigenvalue weighted by molar-refractivity contribution is 5.97. The molecular formula is C23H23N7O3. The van der Waals surface area contributed by atoms with Crippen LogP contribution < -0.4 is 10.1 Å². The van der Waals surface area contributed by atoms with E-state index in [2.05, 4.69) is 37.5 Å². The molecule has 0 aliphatic carbocycles. The molecule has 0 radical (unpaired) electrons. The van der Waals surface area contributed by atoms with Crippen molar-refractivity contribution in [3.05, 3.63) is 59.5 Å². The number of allylic oxidation sites excluding steroid dienone is 2. The van der Waals surface area contributed by atoms with Crippen molar-refractivity contribution in [3.8, 4) is 17.4 Å². The van der Waals surface area contributed by atoms with Crippen LogP contribution in [-0.2, 0) is 4.79 Å². The Morgan fingerprint density at radius 3 is 2.76 bits per heavy atom. The van der Waals surface area contributed by atoms with Crippen molar-refractivity contribution >= 4 is 29.0 Å². The topological polar surface area (TPSA) is 120 Å². The number of nitrogens with zero attached hydrogens (tertiary/aromatic N) is 6. The van der Waals surface area contributed by atoms with Crippen LogP contribution >= 0.6 is 0 Å². The van der Waals surface area contributed by atoms with E-state index in [4.69, 9.17) is 9.26 Å². The first-order chi connectivity index (χ1) is 16.0. The zero-order valence-corrected chi connectivity index (χ0v) is 18.6. The fourth-order valence-corrected chi connectivity index (χ4v) is 3.18. The molecule has 1 aromatic carbocycles. The van der Waals surface area contributed by atoms with Gasteiger partial charge in [0.1, 0.15) is 12.4 Å². The number of aryl methyl sites for hydroxylation is 1. The molecule has 1 N–H and O–H groups in total. The maximum Gasteiger partial charge on any atom is 0.246 e. The molecule has 168 valence electrons. The number of carbonyl (C=O) groups is 1. The van der Waals surface area contributed by atoms with Gasteiger partial charge in [-0.25, -0.2) is 0 Å². The number of hydrogen-bond donors (Lipinski definition) is 1. The summed E-state index contributed by atoms with van der Waals surface area (Å²) in [5.41, 5.74) is 2.19. The molecule has 33 heavy (non-hydrogen) atoms. The Labute approximate surface area is 189 Å². The van der Waals surface area contributed by atoms with Crippen LogP contribution in [0.15, 0.2) is 63.3 Å². The van der Waals surface area contributed by atoms with Crippen LogP contribution in [-0.4, -0.2) is 50.7 Å². The summed E-state index contributed by atoms with van der Waals surface area (Å²) in [7, 11) is 0. The number of rotatable bonds is 8. The van der Waals surface area contributed by atoms with Crippen LogP contribution in [0.2, 0.25) is 0 Å². The van der Waals surface area contributed by atoms with Gasteiger partial charge in [-0.1, -0.05) is 29.4 Å². The Bertz CT molecular complexity index is 1400. The van der Waals surface area contributed by atoms with E-state index in [1.54, 1.807) is 36.6 Å². The minimum absolute atomic E-state index is 0.103. The molecule has 0 spiro atoms. The van der Waals surface area contributed by atoms with Gasteiger partial charge in [0.05, 0.1) is 5.70 Å². The van der Waals surface area contributed by atoms with Crippen LogP contribution in [0, 0.1) is 6.92 Å². The third kappa shape index (κ3) is 4.49. The molecule has 0 atom stereocenters. The van der Waals surface area contributed by atoms with Gasteiger partial charge in [0.25, 0.3) is 0 Å². The van der Waals surface area contributed by atoms with Crippen LogP contribution in [0.4, 0.5) is 0 Å². The monoisotopic (exact) mass is 445 g/mol. The summed E-state index contributed by atoms with van der Waals surface area (Å²) in [6, 6.07) is 9.39. The normalized spacial score (nSPS) is 12.3. The van der Waals surface area contributed by atoms with E-state index < -0.39 is 0 Å². The first-order valence-electron chi connectivity index (χ1n) is 10.3. The highest BCUT2D eigenvalue weighted by Crippen LogP contribution is 2.29. The maximum absolute atomic E-state index is 11.9. The summed E-state index contributed by atoms with van der Waals surface area (Å²) >= 11 is 0. The molecule has 3 heterocycles. The zero-order valence-electron chi connectivity index (χ0n) is 18.6. The lowest BCUT2D eigenvalue weighted by atomic mass is 10.2. The Hall–Kier alpha value is -4.34. The minimum Gasteiger partial charge on any atom is -0.470 e. The van der Waals surface area contributed by atoms with Gasteiger partial charge in [0.15, 0.2) is 11.3 Å². The van der Waals surface area contributed by atoms with Crippen molar-refractivity contribution in [2.45, 2.75) is 20.8 Å². The van der Waals surface area contributed by atoms with Crippen LogP contribution in [0.25, 0.3) is 27.9 Å². The standard InChI is InChI=1S/C23H23N7O3/c1-5-25-22(31)14(2)10-11-16(24-4)13-32-23-18-9-7-6-8-17(18)20-26-27-21(30(20)28-23)19-12-15(3)33-29-19/h6-12H,4-5,13H2,1-3H3,(H,25,31)/b14-10+,16-11-. The van der Waals surface area contributed by atoms with Gasteiger partial charge in [-0.3, -0.25) is 9.79 Å². The average Bonchev–Trinajstić information content (AvgIpc) is 3.45. The van der Waals surface area contributed by atoms with E-state index in [1.165, 1.54) is 0 Å². The second-order valence-electron chi connectivity index (χ2n) is 7.25. The molecule has 4 rings (SSSR count). The Morgan fingerprint density at radius 2 is 2.06 bits per heavy atom. The number of fused-ring (bicyclic) bond motifs is 3.